The summed E-state index contributed by atoms with van der Waals surface area (Å²) in [7, 11) is 0. The van der Waals surface area contributed by atoms with Gasteiger partial charge in [0.05, 0.1) is 10.6 Å². The molecule has 0 saturated carbocycles. The van der Waals surface area contributed by atoms with E-state index < -0.39 is 5.82 Å². The van der Waals surface area contributed by atoms with E-state index in [9.17, 15) is 4.39 Å². The highest BCUT2D eigenvalue weighted by Gasteiger charge is 2.13. The van der Waals surface area contributed by atoms with Crippen LogP contribution in [0.15, 0.2) is 52.3 Å². The third-order valence-corrected chi connectivity index (χ3v) is 3.88. The smallest absolute Gasteiger partial charge is 0.135 e. The highest BCUT2D eigenvalue weighted by molar-refractivity contribution is 7.99. The van der Waals surface area contributed by atoms with Gasteiger partial charge in [-0.05, 0) is 24.3 Å². The second kappa shape index (κ2) is 5.42. The molecule has 0 heterocycles. The minimum absolute atomic E-state index is 0.113. The van der Waals surface area contributed by atoms with E-state index in [4.69, 9.17) is 22.7 Å². The summed E-state index contributed by atoms with van der Waals surface area (Å²) < 4.78 is 13.6. The zero-order chi connectivity index (χ0) is 13.1. The van der Waals surface area contributed by atoms with Crippen molar-refractivity contribution in [2.24, 2.45) is 5.73 Å². The van der Waals surface area contributed by atoms with Gasteiger partial charge in [-0.25, -0.2) is 4.39 Å². The van der Waals surface area contributed by atoms with Crippen molar-refractivity contribution in [3.05, 3.63) is 58.9 Å². The van der Waals surface area contributed by atoms with E-state index in [0.29, 0.717) is 9.92 Å². The van der Waals surface area contributed by atoms with Crippen LogP contribution in [0.3, 0.4) is 0 Å². The Kier molecular flexibility index (Phi) is 3.89. The van der Waals surface area contributed by atoms with Gasteiger partial charge in [-0.1, -0.05) is 41.6 Å². The van der Waals surface area contributed by atoms with E-state index in [1.54, 1.807) is 18.2 Å². The molecule has 18 heavy (non-hydrogen) atoms. The minimum atomic E-state index is -0.500. The average Bonchev–Trinajstić information content (AvgIpc) is 2.31. The fraction of sp³-hybridized carbons (Fsp3) is 0. The molecule has 0 radical (unpaired) electrons. The van der Waals surface area contributed by atoms with Crippen LogP contribution in [0.2, 0.25) is 5.02 Å². The van der Waals surface area contributed by atoms with Crippen LogP contribution in [0.25, 0.3) is 0 Å². The third kappa shape index (κ3) is 2.66. The number of nitrogens with one attached hydrogen (secondary N) is 1. The summed E-state index contributed by atoms with van der Waals surface area (Å²) in [4.78, 5) is 1.38. The summed E-state index contributed by atoms with van der Waals surface area (Å²) in [5.74, 6) is -0.790. The fourth-order valence-corrected chi connectivity index (χ4v) is 2.75. The van der Waals surface area contributed by atoms with Crippen LogP contribution in [0.4, 0.5) is 4.39 Å². The molecule has 0 bridgehead atoms. The number of rotatable bonds is 3. The lowest BCUT2D eigenvalue weighted by molar-refractivity contribution is 0.621. The van der Waals surface area contributed by atoms with Gasteiger partial charge in [0, 0.05) is 9.79 Å². The maximum atomic E-state index is 13.6. The molecule has 0 aliphatic carbocycles. The molecule has 0 saturated heterocycles. The van der Waals surface area contributed by atoms with Gasteiger partial charge in [0.2, 0.25) is 0 Å². The van der Waals surface area contributed by atoms with Crippen molar-refractivity contribution in [1.82, 2.24) is 0 Å². The predicted octanol–water partition coefficient (Wildman–Crippen LogP) is 3.91. The summed E-state index contributed by atoms with van der Waals surface area (Å²) >= 11 is 7.34. The van der Waals surface area contributed by atoms with E-state index in [0.717, 1.165) is 4.90 Å². The molecule has 0 atom stereocenters. The molecule has 0 aliphatic rings. The van der Waals surface area contributed by atoms with Gasteiger partial charge in [0.15, 0.2) is 0 Å². The lowest BCUT2D eigenvalue weighted by atomic mass is 10.2. The van der Waals surface area contributed by atoms with Crippen LogP contribution in [0.5, 0.6) is 0 Å². The van der Waals surface area contributed by atoms with Gasteiger partial charge in [-0.15, -0.1) is 0 Å². The van der Waals surface area contributed by atoms with Crippen molar-refractivity contribution in [2.45, 2.75) is 9.79 Å². The number of amidine groups is 1. The van der Waals surface area contributed by atoms with Gasteiger partial charge in [-0.2, -0.15) is 0 Å². The van der Waals surface area contributed by atoms with Gasteiger partial charge in [0.25, 0.3) is 0 Å². The Morgan fingerprint density at radius 1 is 1.11 bits per heavy atom. The molecule has 0 amide bonds. The summed E-state index contributed by atoms with van der Waals surface area (Å²) in [5.41, 5.74) is 5.52. The molecule has 5 heteroatoms. The van der Waals surface area contributed by atoms with Crippen LogP contribution in [-0.2, 0) is 0 Å². The van der Waals surface area contributed by atoms with E-state index in [-0.39, 0.29) is 11.4 Å². The highest BCUT2D eigenvalue weighted by Crippen LogP contribution is 2.35. The highest BCUT2D eigenvalue weighted by atomic mass is 35.5. The SMILES string of the molecule is N=C(N)c1c(F)cccc1Sc1ccccc1Cl. The first-order valence-corrected chi connectivity index (χ1v) is 6.34. The molecule has 2 rings (SSSR count). The van der Waals surface area contributed by atoms with Crippen LogP contribution in [0, 0.1) is 11.2 Å². The molecule has 2 aromatic rings. The number of halogens is 2. The van der Waals surface area contributed by atoms with Crippen LogP contribution in [-0.4, -0.2) is 5.84 Å². The Morgan fingerprint density at radius 2 is 1.78 bits per heavy atom. The van der Waals surface area contributed by atoms with Gasteiger partial charge in [0.1, 0.15) is 11.7 Å². The lowest BCUT2D eigenvalue weighted by Gasteiger charge is -2.09. The molecule has 3 N–H and O–H groups in total. The Hall–Kier alpha value is -1.52. The van der Waals surface area contributed by atoms with Crippen LogP contribution < -0.4 is 5.73 Å². The van der Waals surface area contributed by atoms with Crippen LogP contribution in [0.1, 0.15) is 5.56 Å². The number of nitrogen functional groups attached to an aromatic ring is 1. The second-order valence-electron chi connectivity index (χ2n) is 3.56. The second-order valence-corrected chi connectivity index (χ2v) is 5.05. The Morgan fingerprint density at radius 3 is 2.44 bits per heavy atom. The first kappa shape index (κ1) is 12.9. The zero-order valence-electron chi connectivity index (χ0n) is 9.28. The van der Waals surface area contributed by atoms with Crippen molar-refractivity contribution in [3.8, 4) is 0 Å². The topological polar surface area (TPSA) is 49.9 Å². The van der Waals surface area contributed by atoms with Crippen LogP contribution >= 0.6 is 23.4 Å². The molecule has 92 valence electrons. The number of hydrogen-bond donors (Lipinski definition) is 2. The Bertz CT molecular complexity index is 601. The molecule has 0 fully saturated rings. The molecule has 0 spiro atoms. The first-order chi connectivity index (χ1) is 8.59. The van der Waals surface area contributed by atoms with Gasteiger partial charge < -0.3 is 5.73 Å². The van der Waals surface area contributed by atoms with Crippen molar-refractivity contribution in [3.63, 3.8) is 0 Å². The maximum Gasteiger partial charge on any atom is 0.135 e. The number of nitrogens with two attached hydrogens (primary N) is 1. The van der Waals surface area contributed by atoms with Crippen molar-refractivity contribution >= 4 is 29.2 Å². The summed E-state index contributed by atoms with van der Waals surface area (Å²) in [6.45, 7) is 0. The summed E-state index contributed by atoms with van der Waals surface area (Å²) in [5, 5.41) is 8.01. The Balaban J connectivity index is 2.44. The molecule has 0 aromatic heterocycles. The molecular formula is C13H10ClFN2S. The molecular weight excluding hydrogens is 271 g/mol. The molecule has 0 unspecified atom stereocenters. The van der Waals surface area contributed by atoms with E-state index in [1.807, 2.05) is 18.2 Å². The van der Waals surface area contributed by atoms with Gasteiger partial charge >= 0.3 is 0 Å². The molecule has 2 aromatic carbocycles. The maximum absolute atomic E-state index is 13.6. The Labute approximate surface area is 113 Å². The van der Waals surface area contributed by atoms with E-state index in [1.165, 1.54) is 17.8 Å². The molecule has 0 aliphatic heterocycles. The lowest BCUT2D eigenvalue weighted by Crippen LogP contribution is -2.14. The monoisotopic (exact) mass is 280 g/mol. The zero-order valence-corrected chi connectivity index (χ0v) is 10.9. The van der Waals surface area contributed by atoms with Crippen molar-refractivity contribution in [2.75, 3.05) is 0 Å². The quantitative estimate of drug-likeness (QED) is 0.661. The standard InChI is InChI=1S/C13H10ClFN2S/c14-8-4-1-2-6-10(8)18-11-7-3-5-9(15)12(11)13(16)17/h1-7H,(H3,16,17). The minimum Gasteiger partial charge on any atom is -0.384 e. The van der Waals surface area contributed by atoms with Crippen molar-refractivity contribution < 1.29 is 4.39 Å². The van der Waals surface area contributed by atoms with E-state index in [2.05, 4.69) is 0 Å². The summed E-state index contributed by atoms with van der Waals surface area (Å²) in [6, 6.07) is 11.9. The summed E-state index contributed by atoms with van der Waals surface area (Å²) in [6.07, 6.45) is 0. The third-order valence-electron chi connectivity index (χ3n) is 2.30. The first-order valence-electron chi connectivity index (χ1n) is 5.15. The molecule has 2 nitrogen and oxygen atoms in total. The fourth-order valence-electron chi connectivity index (χ4n) is 1.50. The largest absolute Gasteiger partial charge is 0.384 e. The normalized spacial score (nSPS) is 10.3. The van der Waals surface area contributed by atoms with Crippen molar-refractivity contribution in [1.29, 1.82) is 5.41 Å². The predicted molar refractivity (Wildman–Crippen MR) is 73.0 cm³/mol. The number of benzene rings is 2. The number of hydrogen-bond acceptors (Lipinski definition) is 2. The van der Waals surface area contributed by atoms with E-state index >= 15 is 0 Å². The average molecular weight is 281 g/mol. The van der Waals surface area contributed by atoms with Gasteiger partial charge in [-0.3, -0.25) is 5.41 Å².